The predicted molar refractivity (Wildman–Crippen MR) is 125 cm³/mol. The molecule has 0 bridgehead atoms. The minimum absolute atomic E-state index is 0.0676. The molecule has 1 heterocycles. The monoisotopic (exact) mass is 490 g/mol. The van der Waals surface area contributed by atoms with Crippen LogP contribution in [0.1, 0.15) is 16.8 Å². The lowest BCUT2D eigenvalue weighted by atomic mass is 10.2. The van der Waals surface area contributed by atoms with Gasteiger partial charge in [-0.25, -0.2) is 13.8 Å². The van der Waals surface area contributed by atoms with Crippen molar-refractivity contribution < 1.29 is 13.2 Å². The molecule has 0 aliphatic carbocycles. The second kappa shape index (κ2) is 10.7. The lowest BCUT2D eigenvalue weighted by molar-refractivity contribution is -0.121. The van der Waals surface area contributed by atoms with Crippen LogP contribution in [0, 0.1) is 6.92 Å². The minimum Gasteiger partial charge on any atom is -0.272 e. The first kappa shape index (κ1) is 23.9. The third kappa shape index (κ3) is 6.37. The Hall–Kier alpha value is -2.78. The topological polar surface area (TPSA) is 91.7 Å². The highest BCUT2D eigenvalue weighted by Gasteiger charge is 2.27. The average Bonchev–Trinajstić information content (AvgIpc) is 2.76. The van der Waals surface area contributed by atoms with Crippen LogP contribution in [0.25, 0.3) is 0 Å². The third-order valence-electron chi connectivity index (χ3n) is 4.41. The molecule has 10 heteroatoms. The Labute approximate surface area is 196 Å². The summed E-state index contributed by atoms with van der Waals surface area (Å²) in [6.07, 6.45) is 2.96. The molecule has 7 nitrogen and oxygen atoms in total. The van der Waals surface area contributed by atoms with Gasteiger partial charge >= 0.3 is 0 Å². The zero-order chi connectivity index (χ0) is 23.1. The van der Waals surface area contributed by atoms with Gasteiger partial charge in [-0.1, -0.05) is 53.0 Å². The van der Waals surface area contributed by atoms with Crippen molar-refractivity contribution in [2.24, 2.45) is 5.10 Å². The molecule has 0 aliphatic heterocycles. The summed E-state index contributed by atoms with van der Waals surface area (Å²) in [6.45, 7) is 1.27. The van der Waals surface area contributed by atoms with Crippen molar-refractivity contribution in [2.75, 3.05) is 6.54 Å². The summed E-state index contributed by atoms with van der Waals surface area (Å²) in [5, 5.41) is 4.57. The summed E-state index contributed by atoms with van der Waals surface area (Å²) < 4.78 is 27.6. The quantitative estimate of drug-likeness (QED) is 0.380. The smallest absolute Gasteiger partial charge is 0.255 e. The van der Waals surface area contributed by atoms with Crippen LogP contribution in [-0.2, 0) is 21.4 Å². The van der Waals surface area contributed by atoms with Gasteiger partial charge in [-0.2, -0.15) is 9.41 Å². The molecule has 166 valence electrons. The van der Waals surface area contributed by atoms with E-state index in [1.165, 1.54) is 24.4 Å². The summed E-state index contributed by atoms with van der Waals surface area (Å²) in [5.41, 5.74) is 4.31. The number of nitrogens with one attached hydrogen (secondary N) is 1. The number of sulfonamides is 1. The fourth-order valence-corrected chi connectivity index (χ4v) is 4.59. The highest BCUT2D eigenvalue weighted by atomic mass is 35.5. The van der Waals surface area contributed by atoms with Crippen LogP contribution in [0.2, 0.25) is 10.0 Å². The van der Waals surface area contributed by atoms with Gasteiger partial charge in [-0.05, 0) is 48.9 Å². The van der Waals surface area contributed by atoms with Gasteiger partial charge in [0.25, 0.3) is 5.91 Å². The van der Waals surface area contributed by atoms with E-state index in [0.717, 1.165) is 9.87 Å². The molecule has 0 atom stereocenters. The number of aromatic nitrogens is 1. The number of amides is 1. The van der Waals surface area contributed by atoms with Crippen molar-refractivity contribution >= 4 is 45.3 Å². The van der Waals surface area contributed by atoms with Crippen LogP contribution in [0.4, 0.5) is 0 Å². The van der Waals surface area contributed by atoms with Crippen LogP contribution in [-0.4, -0.2) is 36.4 Å². The SMILES string of the molecule is Cc1ccc(S(=O)(=O)N(CC(=O)N/N=C\c2ccccn2)Cc2ccc(Cl)cc2Cl)cc1. The Morgan fingerprint density at radius 1 is 1.12 bits per heavy atom. The van der Waals surface area contributed by atoms with E-state index in [4.69, 9.17) is 23.2 Å². The predicted octanol–water partition coefficient (Wildman–Crippen LogP) is 4.04. The molecule has 2 aromatic carbocycles. The fraction of sp³-hybridized carbons (Fsp3) is 0.136. The van der Waals surface area contributed by atoms with Crippen molar-refractivity contribution in [3.05, 3.63) is 93.7 Å². The maximum Gasteiger partial charge on any atom is 0.255 e. The first-order valence-electron chi connectivity index (χ1n) is 9.49. The van der Waals surface area contributed by atoms with E-state index in [1.807, 2.05) is 6.92 Å². The first-order chi connectivity index (χ1) is 15.3. The summed E-state index contributed by atoms with van der Waals surface area (Å²) in [4.78, 5) is 16.6. The molecule has 0 aliphatic rings. The standard InChI is InChI=1S/C22H20Cl2N4O3S/c1-16-5-9-20(10-6-16)32(30,31)28(14-17-7-8-18(23)12-21(17)24)15-22(29)27-26-13-19-4-2-3-11-25-19/h2-13H,14-15H2,1H3,(H,27,29)/b26-13-. The largest absolute Gasteiger partial charge is 0.272 e. The zero-order valence-electron chi connectivity index (χ0n) is 17.1. The van der Waals surface area contributed by atoms with Crippen LogP contribution < -0.4 is 5.43 Å². The number of hydrogen-bond acceptors (Lipinski definition) is 5. The van der Waals surface area contributed by atoms with Gasteiger partial charge in [0.2, 0.25) is 10.0 Å². The van der Waals surface area contributed by atoms with E-state index in [2.05, 4.69) is 15.5 Å². The molecule has 3 rings (SSSR count). The highest BCUT2D eigenvalue weighted by molar-refractivity contribution is 7.89. The Morgan fingerprint density at radius 3 is 2.53 bits per heavy atom. The molecule has 0 saturated heterocycles. The second-order valence-corrected chi connectivity index (χ2v) is 9.65. The minimum atomic E-state index is -4.00. The molecule has 0 unspecified atom stereocenters. The molecular formula is C22H20Cl2N4O3S. The van der Waals surface area contributed by atoms with Gasteiger partial charge in [0.1, 0.15) is 0 Å². The fourth-order valence-electron chi connectivity index (χ4n) is 2.74. The number of halogens is 2. The third-order valence-corrected chi connectivity index (χ3v) is 6.81. The van der Waals surface area contributed by atoms with Crippen LogP contribution in [0.5, 0.6) is 0 Å². The van der Waals surface area contributed by atoms with Crippen LogP contribution in [0.3, 0.4) is 0 Å². The normalized spacial score (nSPS) is 11.8. The number of nitrogens with zero attached hydrogens (tertiary/aromatic N) is 3. The van der Waals surface area contributed by atoms with Gasteiger partial charge in [-0.15, -0.1) is 0 Å². The van der Waals surface area contributed by atoms with Crippen molar-refractivity contribution in [1.29, 1.82) is 0 Å². The second-order valence-electron chi connectivity index (χ2n) is 6.87. The number of hydrogen-bond donors (Lipinski definition) is 1. The van der Waals surface area contributed by atoms with E-state index < -0.39 is 22.5 Å². The van der Waals surface area contributed by atoms with E-state index in [1.54, 1.807) is 48.7 Å². The Morgan fingerprint density at radius 2 is 1.88 bits per heavy atom. The Bertz CT molecular complexity index is 1220. The van der Waals surface area contributed by atoms with Gasteiger partial charge in [0, 0.05) is 22.8 Å². The molecule has 0 spiro atoms. The number of benzene rings is 2. The number of pyridine rings is 1. The Kier molecular flexibility index (Phi) is 7.98. The first-order valence-corrected chi connectivity index (χ1v) is 11.7. The lowest BCUT2D eigenvalue weighted by Crippen LogP contribution is -2.39. The van der Waals surface area contributed by atoms with Crippen molar-refractivity contribution in [1.82, 2.24) is 14.7 Å². The van der Waals surface area contributed by atoms with Crippen LogP contribution in [0.15, 0.2) is 76.9 Å². The van der Waals surface area contributed by atoms with Gasteiger partial charge in [0.05, 0.1) is 23.3 Å². The van der Waals surface area contributed by atoms with Crippen LogP contribution >= 0.6 is 23.2 Å². The molecule has 32 heavy (non-hydrogen) atoms. The highest BCUT2D eigenvalue weighted by Crippen LogP contribution is 2.25. The maximum atomic E-state index is 13.3. The van der Waals surface area contributed by atoms with E-state index >= 15 is 0 Å². The molecule has 1 aromatic heterocycles. The van der Waals surface area contributed by atoms with E-state index in [-0.39, 0.29) is 11.4 Å². The molecular weight excluding hydrogens is 471 g/mol. The van der Waals surface area contributed by atoms with Crippen molar-refractivity contribution in [2.45, 2.75) is 18.4 Å². The summed E-state index contributed by atoms with van der Waals surface area (Å²) in [5.74, 6) is -0.613. The van der Waals surface area contributed by atoms with Gasteiger partial charge in [0.15, 0.2) is 0 Å². The Balaban J connectivity index is 1.83. The zero-order valence-corrected chi connectivity index (χ0v) is 19.4. The van der Waals surface area contributed by atoms with Gasteiger partial charge < -0.3 is 0 Å². The molecule has 0 radical (unpaired) electrons. The van der Waals surface area contributed by atoms with Crippen molar-refractivity contribution in [3.63, 3.8) is 0 Å². The summed E-state index contributed by atoms with van der Waals surface area (Å²) in [6, 6.07) is 16.4. The molecule has 3 aromatic rings. The lowest BCUT2D eigenvalue weighted by Gasteiger charge is -2.22. The van der Waals surface area contributed by atoms with Crippen molar-refractivity contribution in [3.8, 4) is 0 Å². The molecule has 1 N–H and O–H groups in total. The number of carbonyl (C=O) groups excluding carboxylic acids is 1. The molecule has 0 saturated carbocycles. The summed E-state index contributed by atoms with van der Waals surface area (Å²) >= 11 is 12.2. The number of hydrazone groups is 1. The molecule has 0 fully saturated rings. The number of aryl methyl sites for hydroxylation is 1. The maximum absolute atomic E-state index is 13.3. The average molecular weight is 491 g/mol. The van der Waals surface area contributed by atoms with Gasteiger partial charge in [-0.3, -0.25) is 9.78 Å². The molecule has 1 amide bonds. The number of carbonyl (C=O) groups is 1. The summed E-state index contributed by atoms with van der Waals surface area (Å²) in [7, 11) is -4.00. The van der Waals surface area contributed by atoms with E-state index in [0.29, 0.717) is 21.3 Å². The van der Waals surface area contributed by atoms with E-state index in [9.17, 15) is 13.2 Å². The number of rotatable bonds is 8.